The Morgan fingerprint density at radius 3 is 2.56 bits per heavy atom. The van der Waals surface area contributed by atoms with Crippen molar-refractivity contribution in [2.45, 2.75) is 13.8 Å². The Hall–Kier alpha value is -1.90. The second kappa shape index (κ2) is 6.56. The number of hydrogen-bond acceptors (Lipinski definition) is 3. The van der Waals surface area contributed by atoms with Crippen LogP contribution in [0.15, 0.2) is 42.9 Å². The molecule has 1 aromatic carbocycles. The standard InChI is InChI=1S/C11H10N2O.C2H6/c1-14-10-4-2-3-9(7-10)11-8-12-5-6-13-11;1-2/h2-8H,1H3;1-2H3. The summed E-state index contributed by atoms with van der Waals surface area (Å²) in [4.78, 5) is 8.22. The summed E-state index contributed by atoms with van der Waals surface area (Å²) in [7, 11) is 1.65. The van der Waals surface area contributed by atoms with Gasteiger partial charge in [-0.3, -0.25) is 9.97 Å². The summed E-state index contributed by atoms with van der Waals surface area (Å²) < 4.78 is 5.13. The van der Waals surface area contributed by atoms with Gasteiger partial charge in [-0.25, -0.2) is 0 Å². The van der Waals surface area contributed by atoms with Gasteiger partial charge in [-0.2, -0.15) is 0 Å². The number of benzene rings is 1. The quantitative estimate of drug-likeness (QED) is 0.773. The zero-order valence-electron chi connectivity index (χ0n) is 9.84. The molecule has 3 nitrogen and oxygen atoms in total. The Morgan fingerprint density at radius 2 is 1.94 bits per heavy atom. The summed E-state index contributed by atoms with van der Waals surface area (Å²) in [6, 6.07) is 7.75. The third-order valence-electron chi connectivity index (χ3n) is 1.93. The first-order valence-electron chi connectivity index (χ1n) is 5.30. The summed E-state index contributed by atoms with van der Waals surface area (Å²) in [5.41, 5.74) is 1.86. The topological polar surface area (TPSA) is 35.0 Å². The van der Waals surface area contributed by atoms with Crippen molar-refractivity contribution in [2.75, 3.05) is 7.11 Å². The second-order valence-corrected chi connectivity index (χ2v) is 2.82. The van der Waals surface area contributed by atoms with Crippen LogP contribution in [0.1, 0.15) is 13.8 Å². The molecule has 0 saturated carbocycles. The highest BCUT2D eigenvalue weighted by Crippen LogP contribution is 2.20. The van der Waals surface area contributed by atoms with Gasteiger partial charge < -0.3 is 4.74 Å². The molecule has 0 aliphatic rings. The molecule has 0 bridgehead atoms. The number of aromatic nitrogens is 2. The van der Waals surface area contributed by atoms with Crippen LogP contribution in [0.2, 0.25) is 0 Å². The van der Waals surface area contributed by atoms with E-state index in [-0.39, 0.29) is 0 Å². The van der Waals surface area contributed by atoms with Gasteiger partial charge >= 0.3 is 0 Å². The van der Waals surface area contributed by atoms with Crippen molar-refractivity contribution in [3.63, 3.8) is 0 Å². The van der Waals surface area contributed by atoms with Gasteiger partial charge in [-0.15, -0.1) is 0 Å². The fraction of sp³-hybridized carbons (Fsp3) is 0.231. The lowest BCUT2D eigenvalue weighted by atomic mass is 10.1. The van der Waals surface area contributed by atoms with Gasteiger partial charge in [-0.05, 0) is 12.1 Å². The molecule has 84 valence electrons. The minimum absolute atomic E-state index is 0.827. The molecule has 0 saturated heterocycles. The lowest BCUT2D eigenvalue weighted by Gasteiger charge is -2.02. The fourth-order valence-electron chi connectivity index (χ4n) is 1.23. The average molecular weight is 216 g/mol. The molecule has 2 rings (SSSR count). The van der Waals surface area contributed by atoms with Gasteiger partial charge in [0, 0.05) is 18.0 Å². The SMILES string of the molecule is CC.COc1cccc(-c2cnccn2)c1. The van der Waals surface area contributed by atoms with E-state index in [0.29, 0.717) is 0 Å². The van der Waals surface area contributed by atoms with Crippen molar-refractivity contribution in [2.24, 2.45) is 0 Å². The maximum Gasteiger partial charge on any atom is 0.119 e. The molecule has 0 N–H and O–H groups in total. The van der Waals surface area contributed by atoms with Crippen LogP contribution in [0, 0.1) is 0 Å². The highest BCUT2D eigenvalue weighted by atomic mass is 16.5. The maximum absolute atomic E-state index is 5.13. The van der Waals surface area contributed by atoms with E-state index < -0.39 is 0 Å². The summed E-state index contributed by atoms with van der Waals surface area (Å²) in [5.74, 6) is 0.827. The largest absolute Gasteiger partial charge is 0.497 e. The lowest BCUT2D eigenvalue weighted by molar-refractivity contribution is 0.415. The molecule has 1 heterocycles. The van der Waals surface area contributed by atoms with Crippen molar-refractivity contribution in [3.05, 3.63) is 42.9 Å². The first kappa shape index (κ1) is 12.2. The molecule has 0 atom stereocenters. The van der Waals surface area contributed by atoms with Crippen LogP contribution >= 0.6 is 0 Å². The van der Waals surface area contributed by atoms with Crippen molar-refractivity contribution in [3.8, 4) is 17.0 Å². The van der Waals surface area contributed by atoms with Crippen LogP contribution in [0.4, 0.5) is 0 Å². The molecule has 0 amide bonds. The third kappa shape index (κ3) is 3.05. The van der Waals surface area contributed by atoms with Gasteiger partial charge in [0.2, 0.25) is 0 Å². The molecular formula is C13H16N2O. The van der Waals surface area contributed by atoms with Crippen LogP contribution in [-0.2, 0) is 0 Å². The second-order valence-electron chi connectivity index (χ2n) is 2.82. The predicted octanol–water partition coefficient (Wildman–Crippen LogP) is 3.18. The van der Waals surface area contributed by atoms with Crippen molar-refractivity contribution >= 4 is 0 Å². The van der Waals surface area contributed by atoms with Crippen molar-refractivity contribution < 1.29 is 4.74 Å². The monoisotopic (exact) mass is 216 g/mol. The van der Waals surface area contributed by atoms with E-state index in [1.54, 1.807) is 25.7 Å². The zero-order chi connectivity index (χ0) is 11.8. The maximum atomic E-state index is 5.13. The first-order chi connectivity index (χ1) is 7.90. The Labute approximate surface area is 96.1 Å². The number of nitrogens with zero attached hydrogens (tertiary/aromatic N) is 2. The van der Waals surface area contributed by atoms with Crippen molar-refractivity contribution in [1.29, 1.82) is 0 Å². The molecule has 3 heteroatoms. The smallest absolute Gasteiger partial charge is 0.119 e. The highest BCUT2D eigenvalue weighted by Gasteiger charge is 1.99. The Morgan fingerprint density at radius 1 is 1.12 bits per heavy atom. The molecule has 0 unspecified atom stereocenters. The van der Waals surface area contributed by atoms with E-state index in [0.717, 1.165) is 17.0 Å². The summed E-state index contributed by atoms with van der Waals surface area (Å²) >= 11 is 0. The van der Waals surface area contributed by atoms with Gasteiger partial charge in [0.15, 0.2) is 0 Å². The minimum Gasteiger partial charge on any atom is -0.497 e. The summed E-state index contributed by atoms with van der Waals surface area (Å²) in [6.45, 7) is 4.00. The van der Waals surface area contributed by atoms with E-state index in [2.05, 4.69) is 9.97 Å². The zero-order valence-corrected chi connectivity index (χ0v) is 9.84. The van der Waals surface area contributed by atoms with E-state index in [9.17, 15) is 0 Å². The molecular weight excluding hydrogens is 200 g/mol. The Bertz CT molecular complexity index is 415. The molecule has 1 aromatic heterocycles. The Kier molecular flexibility index (Phi) is 4.99. The molecule has 0 spiro atoms. The van der Waals surface area contributed by atoms with Crippen LogP contribution in [-0.4, -0.2) is 17.1 Å². The lowest BCUT2D eigenvalue weighted by Crippen LogP contribution is -1.86. The summed E-state index contributed by atoms with van der Waals surface area (Å²) in [5, 5.41) is 0. The summed E-state index contributed by atoms with van der Waals surface area (Å²) in [6.07, 6.45) is 5.06. The minimum atomic E-state index is 0.827. The molecule has 0 radical (unpaired) electrons. The van der Waals surface area contributed by atoms with Gasteiger partial charge in [0.25, 0.3) is 0 Å². The average Bonchev–Trinajstić information content (AvgIpc) is 2.42. The molecule has 2 aromatic rings. The van der Waals surface area contributed by atoms with Crippen LogP contribution in [0.25, 0.3) is 11.3 Å². The molecule has 16 heavy (non-hydrogen) atoms. The van der Waals surface area contributed by atoms with E-state index in [4.69, 9.17) is 4.74 Å². The molecule has 0 fully saturated rings. The van der Waals surface area contributed by atoms with Crippen LogP contribution in [0.5, 0.6) is 5.75 Å². The van der Waals surface area contributed by atoms with Gasteiger partial charge in [0.1, 0.15) is 5.75 Å². The van der Waals surface area contributed by atoms with Crippen molar-refractivity contribution in [1.82, 2.24) is 9.97 Å². The number of hydrogen-bond donors (Lipinski definition) is 0. The fourth-order valence-corrected chi connectivity index (χ4v) is 1.23. The normalized spacial score (nSPS) is 8.94. The molecule has 0 aliphatic heterocycles. The Balaban J connectivity index is 0.000000606. The van der Waals surface area contributed by atoms with E-state index >= 15 is 0 Å². The van der Waals surface area contributed by atoms with Crippen LogP contribution in [0.3, 0.4) is 0 Å². The number of ether oxygens (including phenoxy) is 1. The highest BCUT2D eigenvalue weighted by molar-refractivity contribution is 5.59. The number of methoxy groups -OCH3 is 1. The van der Waals surface area contributed by atoms with E-state index in [1.807, 2.05) is 38.1 Å². The molecule has 0 aliphatic carbocycles. The van der Waals surface area contributed by atoms with Crippen LogP contribution < -0.4 is 4.74 Å². The van der Waals surface area contributed by atoms with Gasteiger partial charge in [-0.1, -0.05) is 26.0 Å². The predicted molar refractivity (Wildman–Crippen MR) is 65.4 cm³/mol. The first-order valence-corrected chi connectivity index (χ1v) is 5.30. The third-order valence-corrected chi connectivity index (χ3v) is 1.93. The van der Waals surface area contributed by atoms with Gasteiger partial charge in [0.05, 0.1) is 19.0 Å². The number of rotatable bonds is 2. The van der Waals surface area contributed by atoms with E-state index in [1.165, 1.54) is 0 Å².